The second-order valence-electron chi connectivity index (χ2n) is 7.68. The molecule has 0 unspecified atom stereocenters. The Kier molecular flexibility index (Phi) is 6.54. The standard InChI is InChI=1S/C26H26N2O4/c1-32-21-10-11-22(18-8-6-17(15-29)7-9-18)24(13-21)26(31)28-20(16-30)12-19-14-27-25-5-3-2-4-23(19)25/h2-11,13-14,20,27,29-30H,12,15-16H2,1H3,(H,28,31)/t20-/m1/s1. The lowest BCUT2D eigenvalue weighted by Crippen LogP contribution is -2.39. The molecule has 4 aromatic rings. The van der Waals surface area contributed by atoms with Gasteiger partial charge in [0.1, 0.15) is 5.75 Å². The van der Waals surface area contributed by atoms with Crippen molar-refractivity contribution in [2.45, 2.75) is 19.1 Å². The van der Waals surface area contributed by atoms with E-state index in [1.165, 1.54) is 0 Å². The summed E-state index contributed by atoms with van der Waals surface area (Å²) in [6, 6.07) is 20.3. The summed E-state index contributed by atoms with van der Waals surface area (Å²) >= 11 is 0. The van der Waals surface area contributed by atoms with Crippen molar-refractivity contribution in [3.05, 3.63) is 89.6 Å². The smallest absolute Gasteiger partial charge is 0.252 e. The molecule has 0 aliphatic heterocycles. The fraction of sp³-hybridized carbons (Fsp3) is 0.192. The Morgan fingerprint density at radius 1 is 1.06 bits per heavy atom. The van der Waals surface area contributed by atoms with Gasteiger partial charge in [0.25, 0.3) is 5.91 Å². The van der Waals surface area contributed by atoms with E-state index < -0.39 is 6.04 Å². The number of amides is 1. The van der Waals surface area contributed by atoms with Crippen LogP contribution in [0.2, 0.25) is 0 Å². The van der Waals surface area contributed by atoms with E-state index in [0.29, 0.717) is 17.7 Å². The van der Waals surface area contributed by atoms with Crippen molar-refractivity contribution in [2.24, 2.45) is 0 Å². The molecular weight excluding hydrogens is 404 g/mol. The molecule has 0 bridgehead atoms. The highest BCUT2D eigenvalue weighted by atomic mass is 16.5. The number of hydrogen-bond acceptors (Lipinski definition) is 4. The minimum atomic E-state index is -0.447. The van der Waals surface area contributed by atoms with Crippen LogP contribution in [0.5, 0.6) is 5.75 Å². The summed E-state index contributed by atoms with van der Waals surface area (Å²) < 4.78 is 5.33. The van der Waals surface area contributed by atoms with E-state index in [2.05, 4.69) is 10.3 Å². The molecule has 0 radical (unpaired) electrons. The first kappa shape index (κ1) is 21.6. The topological polar surface area (TPSA) is 94.6 Å². The molecule has 4 N–H and O–H groups in total. The van der Waals surface area contributed by atoms with E-state index in [1.54, 1.807) is 13.2 Å². The maximum atomic E-state index is 13.3. The fourth-order valence-corrected chi connectivity index (χ4v) is 3.87. The molecule has 1 aromatic heterocycles. The van der Waals surface area contributed by atoms with Gasteiger partial charge in [-0.3, -0.25) is 4.79 Å². The van der Waals surface area contributed by atoms with Crippen molar-refractivity contribution in [3.63, 3.8) is 0 Å². The number of aromatic amines is 1. The first-order valence-corrected chi connectivity index (χ1v) is 10.5. The molecule has 0 aliphatic carbocycles. The van der Waals surface area contributed by atoms with Crippen molar-refractivity contribution >= 4 is 16.8 Å². The Labute approximate surface area is 186 Å². The summed E-state index contributed by atoms with van der Waals surface area (Å²) in [5.74, 6) is 0.284. The third-order valence-corrected chi connectivity index (χ3v) is 5.62. The van der Waals surface area contributed by atoms with Crippen LogP contribution in [0.1, 0.15) is 21.5 Å². The van der Waals surface area contributed by atoms with Crippen LogP contribution >= 0.6 is 0 Å². The maximum absolute atomic E-state index is 13.3. The number of aliphatic hydroxyl groups is 2. The first-order chi connectivity index (χ1) is 15.6. The Bertz CT molecular complexity index is 1210. The molecule has 1 heterocycles. The molecule has 1 atom stereocenters. The van der Waals surface area contributed by atoms with Crippen molar-refractivity contribution < 1.29 is 19.7 Å². The van der Waals surface area contributed by atoms with Crippen LogP contribution in [0.25, 0.3) is 22.0 Å². The number of rotatable bonds is 8. The van der Waals surface area contributed by atoms with Crippen molar-refractivity contribution in [1.82, 2.24) is 10.3 Å². The Morgan fingerprint density at radius 3 is 2.56 bits per heavy atom. The molecule has 1 amide bonds. The molecular formula is C26H26N2O4. The van der Waals surface area contributed by atoms with E-state index in [9.17, 15) is 15.0 Å². The molecule has 0 saturated carbocycles. The highest BCUT2D eigenvalue weighted by Gasteiger charge is 2.19. The summed E-state index contributed by atoms with van der Waals surface area (Å²) in [6.07, 6.45) is 2.41. The third-order valence-electron chi connectivity index (χ3n) is 5.62. The van der Waals surface area contributed by atoms with Gasteiger partial charge in [-0.1, -0.05) is 42.5 Å². The van der Waals surface area contributed by atoms with Gasteiger partial charge >= 0.3 is 0 Å². The Hall–Kier alpha value is -3.61. The lowest BCUT2D eigenvalue weighted by molar-refractivity contribution is 0.0917. The fourth-order valence-electron chi connectivity index (χ4n) is 3.87. The quantitative estimate of drug-likeness (QED) is 0.343. The molecule has 0 spiro atoms. The van der Waals surface area contributed by atoms with Crippen molar-refractivity contribution in [2.75, 3.05) is 13.7 Å². The van der Waals surface area contributed by atoms with E-state index >= 15 is 0 Å². The zero-order valence-corrected chi connectivity index (χ0v) is 17.8. The van der Waals surface area contributed by atoms with Crippen LogP contribution in [-0.2, 0) is 13.0 Å². The van der Waals surface area contributed by atoms with Crippen LogP contribution in [0.3, 0.4) is 0 Å². The number of carbonyl (C=O) groups excluding carboxylic acids is 1. The minimum absolute atomic E-state index is 0.0394. The Balaban J connectivity index is 1.60. The van der Waals surface area contributed by atoms with Gasteiger partial charge in [-0.2, -0.15) is 0 Å². The normalized spacial score (nSPS) is 12.0. The van der Waals surface area contributed by atoms with E-state index in [1.807, 2.05) is 66.9 Å². The molecule has 0 saturated heterocycles. The number of benzene rings is 3. The van der Waals surface area contributed by atoms with Gasteiger partial charge in [-0.15, -0.1) is 0 Å². The summed E-state index contributed by atoms with van der Waals surface area (Å²) in [5.41, 5.74) is 4.91. The molecule has 4 rings (SSSR count). The number of fused-ring (bicyclic) bond motifs is 1. The number of hydrogen-bond donors (Lipinski definition) is 4. The number of aliphatic hydroxyl groups excluding tert-OH is 2. The van der Waals surface area contributed by atoms with Gasteiger partial charge in [0, 0.05) is 17.1 Å². The van der Waals surface area contributed by atoms with Gasteiger partial charge < -0.3 is 25.3 Å². The zero-order valence-electron chi connectivity index (χ0n) is 17.8. The summed E-state index contributed by atoms with van der Waals surface area (Å²) in [7, 11) is 1.56. The second kappa shape index (κ2) is 9.68. The highest BCUT2D eigenvalue weighted by molar-refractivity contribution is 6.01. The SMILES string of the molecule is COc1ccc(-c2ccc(CO)cc2)c(C(=O)N[C@@H](CO)Cc2c[nH]c3ccccc23)c1. The van der Waals surface area contributed by atoms with E-state index in [0.717, 1.165) is 33.2 Å². The molecule has 6 nitrogen and oxygen atoms in total. The largest absolute Gasteiger partial charge is 0.497 e. The third kappa shape index (κ3) is 4.51. The summed E-state index contributed by atoms with van der Waals surface area (Å²) in [4.78, 5) is 16.5. The molecule has 164 valence electrons. The number of nitrogens with one attached hydrogen (secondary N) is 2. The number of aromatic nitrogens is 1. The van der Waals surface area contributed by atoms with Gasteiger partial charge in [0.05, 0.1) is 31.9 Å². The van der Waals surface area contributed by atoms with E-state index in [-0.39, 0.29) is 19.1 Å². The summed E-state index contributed by atoms with van der Waals surface area (Å²) in [6.45, 7) is -0.224. The summed E-state index contributed by atoms with van der Waals surface area (Å²) in [5, 5.41) is 23.3. The predicted molar refractivity (Wildman–Crippen MR) is 125 cm³/mol. The maximum Gasteiger partial charge on any atom is 0.252 e. The highest BCUT2D eigenvalue weighted by Crippen LogP contribution is 2.28. The number of ether oxygens (including phenoxy) is 1. The minimum Gasteiger partial charge on any atom is -0.497 e. The average Bonchev–Trinajstić information content (AvgIpc) is 3.26. The zero-order chi connectivity index (χ0) is 22.5. The average molecular weight is 431 g/mol. The van der Waals surface area contributed by atoms with Crippen LogP contribution in [0.15, 0.2) is 72.9 Å². The molecule has 32 heavy (non-hydrogen) atoms. The van der Waals surface area contributed by atoms with Crippen LogP contribution in [-0.4, -0.2) is 40.9 Å². The van der Waals surface area contributed by atoms with Gasteiger partial charge in [-0.25, -0.2) is 0 Å². The number of para-hydroxylation sites is 1. The van der Waals surface area contributed by atoms with E-state index in [4.69, 9.17) is 4.74 Å². The van der Waals surface area contributed by atoms with Crippen LogP contribution in [0, 0.1) is 0 Å². The molecule has 0 aliphatic rings. The molecule has 0 fully saturated rings. The van der Waals surface area contributed by atoms with Gasteiger partial charge in [0.15, 0.2) is 0 Å². The van der Waals surface area contributed by atoms with Crippen LogP contribution < -0.4 is 10.1 Å². The van der Waals surface area contributed by atoms with Crippen molar-refractivity contribution in [3.8, 4) is 16.9 Å². The lowest BCUT2D eigenvalue weighted by Gasteiger charge is -2.18. The van der Waals surface area contributed by atoms with Gasteiger partial charge in [0.2, 0.25) is 0 Å². The number of carbonyl (C=O) groups is 1. The predicted octanol–water partition coefficient (Wildman–Crippen LogP) is 3.67. The second-order valence-corrected chi connectivity index (χ2v) is 7.68. The Morgan fingerprint density at radius 2 is 1.84 bits per heavy atom. The van der Waals surface area contributed by atoms with Crippen LogP contribution in [0.4, 0.5) is 0 Å². The monoisotopic (exact) mass is 430 g/mol. The number of H-pyrrole nitrogens is 1. The number of methoxy groups -OCH3 is 1. The molecule has 3 aromatic carbocycles. The lowest BCUT2D eigenvalue weighted by atomic mass is 9.97. The van der Waals surface area contributed by atoms with Crippen molar-refractivity contribution in [1.29, 1.82) is 0 Å². The first-order valence-electron chi connectivity index (χ1n) is 10.5. The molecule has 6 heteroatoms. The van der Waals surface area contributed by atoms with Gasteiger partial charge in [-0.05, 0) is 52.9 Å².